The molecule has 0 fully saturated rings. The normalized spacial score (nSPS) is 10.2. The van der Waals surface area contributed by atoms with Crippen LogP contribution in [0.4, 0.5) is 5.69 Å². The Labute approximate surface area is 98.6 Å². The second-order valence-electron chi connectivity index (χ2n) is 3.64. The molecule has 0 atom stereocenters. The minimum absolute atomic E-state index is 0.0266. The first-order valence-electron chi connectivity index (χ1n) is 5.37. The first kappa shape index (κ1) is 13.0. The third-order valence-corrected chi connectivity index (χ3v) is 2.15. The van der Waals surface area contributed by atoms with E-state index in [1.807, 2.05) is 6.92 Å². The van der Waals surface area contributed by atoms with Gasteiger partial charge in [-0.2, -0.15) is 5.10 Å². The Morgan fingerprint density at radius 2 is 2.29 bits per heavy atom. The number of nitrogen functional groups attached to an aromatic ring is 1. The number of aromatic nitrogens is 2. The summed E-state index contributed by atoms with van der Waals surface area (Å²) in [6.45, 7) is 2.61. The zero-order valence-electron chi connectivity index (χ0n) is 9.64. The van der Waals surface area contributed by atoms with Gasteiger partial charge in [0, 0.05) is 12.7 Å². The van der Waals surface area contributed by atoms with E-state index in [1.54, 1.807) is 0 Å². The molecule has 94 valence electrons. The largest absolute Gasteiger partial charge is 0.476 e. The van der Waals surface area contributed by atoms with Gasteiger partial charge >= 0.3 is 5.97 Å². The number of nitrogens with one attached hydrogen (secondary N) is 1. The van der Waals surface area contributed by atoms with Gasteiger partial charge in [0.15, 0.2) is 5.69 Å². The second kappa shape index (κ2) is 5.88. The van der Waals surface area contributed by atoms with E-state index in [-0.39, 0.29) is 23.8 Å². The van der Waals surface area contributed by atoms with E-state index in [0.717, 1.165) is 12.8 Å². The number of carbonyl (C=O) groups excluding carboxylic acids is 1. The Morgan fingerprint density at radius 3 is 2.82 bits per heavy atom. The molecule has 0 aliphatic rings. The van der Waals surface area contributed by atoms with E-state index in [1.165, 1.54) is 10.9 Å². The van der Waals surface area contributed by atoms with Crippen LogP contribution < -0.4 is 11.1 Å². The molecule has 17 heavy (non-hydrogen) atoms. The van der Waals surface area contributed by atoms with Crippen LogP contribution >= 0.6 is 0 Å². The van der Waals surface area contributed by atoms with Gasteiger partial charge in [0.1, 0.15) is 6.54 Å². The summed E-state index contributed by atoms with van der Waals surface area (Å²) in [6.07, 6.45) is 3.24. The third-order valence-electron chi connectivity index (χ3n) is 2.15. The lowest BCUT2D eigenvalue weighted by molar-refractivity contribution is -0.121. The first-order chi connectivity index (χ1) is 8.04. The maximum atomic E-state index is 11.4. The SMILES string of the molecule is CCCCNC(=O)Cn1cc(N)c(C(=O)O)n1. The maximum Gasteiger partial charge on any atom is 0.358 e. The standard InChI is InChI=1S/C10H16N4O3/c1-2-3-4-12-8(15)6-14-5-7(11)9(13-14)10(16)17/h5H,2-4,6,11H2,1H3,(H,12,15)(H,16,17). The number of nitrogens with zero attached hydrogens (tertiary/aromatic N) is 2. The fourth-order valence-electron chi connectivity index (χ4n) is 1.29. The molecule has 0 aliphatic heterocycles. The number of unbranched alkanes of at least 4 members (excludes halogenated alkanes) is 1. The molecule has 7 nitrogen and oxygen atoms in total. The fraction of sp³-hybridized carbons (Fsp3) is 0.500. The first-order valence-corrected chi connectivity index (χ1v) is 5.37. The number of hydrogen-bond acceptors (Lipinski definition) is 4. The molecule has 1 rings (SSSR count). The topological polar surface area (TPSA) is 110 Å². The highest BCUT2D eigenvalue weighted by molar-refractivity contribution is 5.91. The number of aromatic carboxylic acids is 1. The highest BCUT2D eigenvalue weighted by Gasteiger charge is 2.14. The van der Waals surface area contributed by atoms with Crippen molar-refractivity contribution in [2.45, 2.75) is 26.3 Å². The predicted octanol–water partition coefficient (Wildman–Crippen LogP) is 0.0798. The van der Waals surface area contributed by atoms with Crippen molar-refractivity contribution in [3.63, 3.8) is 0 Å². The summed E-state index contributed by atoms with van der Waals surface area (Å²) in [5.41, 5.74) is 5.27. The highest BCUT2D eigenvalue weighted by Crippen LogP contribution is 2.08. The highest BCUT2D eigenvalue weighted by atomic mass is 16.4. The van der Waals surface area contributed by atoms with E-state index in [2.05, 4.69) is 10.4 Å². The summed E-state index contributed by atoms with van der Waals surface area (Å²) in [7, 11) is 0. The molecule has 0 bridgehead atoms. The van der Waals surface area contributed by atoms with Gasteiger partial charge in [-0.05, 0) is 6.42 Å². The number of amides is 1. The average molecular weight is 240 g/mol. The van der Waals surface area contributed by atoms with E-state index in [0.29, 0.717) is 6.54 Å². The van der Waals surface area contributed by atoms with Crippen molar-refractivity contribution >= 4 is 17.6 Å². The van der Waals surface area contributed by atoms with Crippen molar-refractivity contribution in [1.82, 2.24) is 15.1 Å². The number of anilines is 1. The summed E-state index contributed by atoms with van der Waals surface area (Å²) in [5.74, 6) is -1.41. The zero-order chi connectivity index (χ0) is 12.8. The summed E-state index contributed by atoms with van der Waals surface area (Å²) < 4.78 is 1.22. The van der Waals surface area contributed by atoms with Crippen molar-refractivity contribution in [1.29, 1.82) is 0 Å². The molecule has 4 N–H and O–H groups in total. The Bertz CT molecular complexity index is 414. The van der Waals surface area contributed by atoms with Gasteiger partial charge < -0.3 is 16.2 Å². The minimum atomic E-state index is -1.20. The molecule has 1 aromatic rings. The Kier molecular flexibility index (Phi) is 4.50. The smallest absolute Gasteiger partial charge is 0.358 e. The van der Waals surface area contributed by atoms with Crippen LogP contribution in [0.5, 0.6) is 0 Å². The molecule has 1 amide bonds. The lowest BCUT2D eigenvalue weighted by atomic mass is 10.3. The molecule has 0 aliphatic carbocycles. The van der Waals surface area contributed by atoms with Crippen molar-refractivity contribution in [3.8, 4) is 0 Å². The van der Waals surface area contributed by atoms with E-state index in [4.69, 9.17) is 10.8 Å². The lowest BCUT2D eigenvalue weighted by Crippen LogP contribution is -2.28. The Hall–Kier alpha value is -2.05. The van der Waals surface area contributed by atoms with Crippen LogP contribution in [0.1, 0.15) is 30.3 Å². The summed E-state index contributed by atoms with van der Waals surface area (Å²) in [5, 5.41) is 15.1. The van der Waals surface area contributed by atoms with Gasteiger partial charge in [0.2, 0.25) is 5.91 Å². The molecule has 0 unspecified atom stereocenters. The molecular weight excluding hydrogens is 224 g/mol. The van der Waals surface area contributed by atoms with Crippen molar-refractivity contribution in [3.05, 3.63) is 11.9 Å². The van der Waals surface area contributed by atoms with Crippen molar-refractivity contribution < 1.29 is 14.7 Å². The minimum Gasteiger partial charge on any atom is -0.476 e. The van der Waals surface area contributed by atoms with Crippen LogP contribution in [0.3, 0.4) is 0 Å². The molecule has 1 heterocycles. The predicted molar refractivity (Wildman–Crippen MR) is 61.5 cm³/mol. The van der Waals surface area contributed by atoms with Gasteiger partial charge in [-0.25, -0.2) is 4.79 Å². The van der Waals surface area contributed by atoms with Crippen molar-refractivity contribution in [2.75, 3.05) is 12.3 Å². The molecule has 0 saturated heterocycles. The molecule has 0 spiro atoms. The van der Waals surface area contributed by atoms with Crippen LogP contribution in [0.25, 0.3) is 0 Å². The summed E-state index contributed by atoms with van der Waals surface area (Å²) >= 11 is 0. The maximum absolute atomic E-state index is 11.4. The summed E-state index contributed by atoms with van der Waals surface area (Å²) in [6, 6.07) is 0. The molecule has 1 aromatic heterocycles. The van der Waals surface area contributed by atoms with E-state index in [9.17, 15) is 9.59 Å². The summed E-state index contributed by atoms with van der Waals surface area (Å²) in [4.78, 5) is 22.1. The monoisotopic (exact) mass is 240 g/mol. The third kappa shape index (κ3) is 3.78. The number of hydrogen-bond donors (Lipinski definition) is 3. The van der Waals surface area contributed by atoms with Gasteiger partial charge in [0.25, 0.3) is 0 Å². The Balaban J connectivity index is 2.54. The van der Waals surface area contributed by atoms with E-state index < -0.39 is 5.97 Å². The van der Waals surface area contributed by atoms with Gasteiger partial charge in [0.05, 0.1) is 5.69 Å². The average Bonchev–Trinajstić information content (AvgIpc) is 2.60. The molecular formula is C10H16N4O3. The molecule has 0 saturated carbocycles. The number of nitrogens with two attached hydrogens (primary N) is 1. The number of carboxylic acids is 1. The van der Waals surface area contributed by atoms with Crippen LogP contribution in [0, 0.1) is 0 Å². The quantitative estimate of drug-likeness (QED) is 0.610. The number of carbonyl (C=O) groups is 2. The molecule has 0 aromatic carbocycles. The van der Waals surface area contributed by atoms with Crippen LogP contribution in [0.15, 0.2) is 6.20 Å². The molecule has 0 radical (unpaired) electrons. The van der Waals surface area contributed by atoms with Crippen molar-refractivity contribution in [2.24, 2.45) is 0 Å². The van der Waals surface area contributed by atoms with Gasteiger partial charge in [-0.1, -0.05) is 13.3 Å². The lowest BCUT2D eigenvalue weighted by Gasteiger charge is -2.03. The Morgan fingerprint density at radius 1 is 1.59 bits per heavy atom. The number of rotatable bonds is 6. The van der Waals surface area contributed by atoms with E-state index >= 15 is 0 Å². The zero-order valence-corrected chi connectivity index (χ0v) is 9.64. The molecule has 7 heteroatoms. The van der Waals surface area contributed by atoms with Crippen LogP contribution in [-0.2, 0) is 11.3 Å². The van der Waals surface area contributed by atoms with Gasteiger partial charge in [-0.3, -0.25) is 9.48 Å². The number of carboxylic acid groups (broad SMARTS) is 1. The van der Waals surface area contributed by atoms with Crippen LogP contribution in [0.2, 0.25) is 0 Å². The second-order valence-corrected chi connectivity index (χ2v) is 3.64. The van der Waals surface area contributed by atoms with Crippen LogP contribution in [-0.4, -0.2) is 33.3 Å². The van der Waals surface area contributed by atoms with Gasteiger partial charge in [-0.15, -0.1) is 0 Å². The fourth-order valence-corrected chi connectivity index (χ4v) is 1.29.